The van der Waals surface area contributed by atoms with Gasteiger partial charge in [-0.25, -0.2) is 19.2 Å². The highest BCUT2D eigenvalue weighted by Gasteiger charge is 2.36. The van der Waals surface area contributed by atoms with E-state index >= 15 is 0 Å². The minimum atomic E-state index is -0.316. The standard InChI is InChI=1S/C27H31N5O2/c1-16-7-8-20(5)21(10-16)15-32-25(33)23-24(29(6)27(32)34)28-26-30(13-19(4)14-31(23)26)22-11-17(2)9-18(3)12-22/h7-12,19H,13-15H2,1-6H3/p+1/t19-/m0/s1. The Kier molecular flexibility index (Phi) is 5.23. The first-order valence-corrected chi connectivity index (χ1v) is 11.8. The summed E-state index contributed by atoms with van der Waals surface area (Å²) in [5.41, 5.74) is 7.17. The number of benzene rings is 2. The Morgan fingerprint density at radius 2 is 1.71 bits per heavy atom. The van der Waals surface area contributed by atoms with Crippen molar-refractivity contribution >= 4 is 22.8 Å². The molecule has 0 amide bonds. The maximum Gasteiger partial charge on any atom is 0.364 e. The van der Waals surface area contributed by atoms with Crippen LogP contribution in [0.1, 0.15) is 34.7 Å². The largest absolute Gasteiger partial charge is 0.364 e. The van der Waals surface area contributed by atoms with E-state index in [9.17, 15) is 9.59 Å². The average molecular weight is 459 g/mol. The molecule has 1 aliphatic heterocycles. The van der Waals surface area contributed by atoms with Gasteiger partial charge in [-0.2, -0.15) is 0 Å². The van der Waals surface area contributed by atoms with Crippen molar-refractivity contribution in [1.82, 2.24) is 14.1 Å². The number of hydrogen-bond donors (Lipinski definition) is 1. The fourth-order valence-corrected chi connectivity index (χ4v) is 5.19. The first kappa shape index (κ1) is 22.2. The molecule has 1 N–H and O–H groups in total. The fraction of sp³-hybridized carbons (Fsp3) is 0.370. The molecule has 1 atom stereocenters. The van der Waals surface area contributed by atoms with E-state index in [-0.39, 0.29) is 17.8 Å². The minimum Gasteiger partial charge on any atom is -0.267 e. The molecule has 34 heavy (non-hydrogen) atoms. The first-order chi connectivity index (χ1) is 16.1. The van der Waals surface area contributed by atoms with Gasteiger partial charge in [0.1, 0.15) is 5.69 Å². The third kappa shape index (κ3) is 3.56. The van der Waals surface area contributed by atoms with Crippen LogP contribution in [0.5, 0.6) is 0 Å². The smallest absolute Gasteiger partial charge is 0.267 e. The molecule has 1 aliphatic rings. The molecule has 2 aromatic heterocycles. The van der Waals surface area contributed by atoms with Crippen LogP contribution in [0.4, 0.5) is 11.6 Å². The number of H-pyrrole nitrogens is 1. The second kappa shape index (κ2) is 8.01. The zero-order valence-electron chi connectivity index (χ0n) is 20.8. The predicted molar refractivity (Wildman–Crippen MR) is 135 cm³/mol. The van der Waals surface area contributed by atoms with E-state index < -0.39 is 0 Å². The molecule has 2 aromatic carbocycles. The molecule has 0 saturated carbocycles. The van der Waals surface area contributed by atoms with Crippen molar-refractivity contribution in [2.75, 3.05) is 11.4 Å². The lowest BCUT2D eigenvalue weighted by Gasteiger charge is -2.27. The summed E-state index contributed by atoms with van der Waals surface area (Å²) in [6.07, 6.45) is 0. The van der Waals surface area contributed by atoms with Crippen LogP contribution in [0.25, 0.3) is 11.2 Å². The summed E-state index contributed by atoms with van der Waals surface area (Å²) >= 11 is 0. The average Bonchev–Trinajstić information content (AvgIpc) is 3.15. The molecule has 0 radical (unpaired) electrons. The van der Waals surface area contributed by atoms with Crippen molar-refractivity contribution in [2.45, 2.75) is 47.7 Å². The van der Waals surface area contributed by atoms with E-state index in [1.54, 1.807) is 11.6 Å². The van der Waals surface area contributed by atoms with Crippen LogP contribution in [0, 0.1) is 33.6 Å². The number of anilines is 2. The van der Waals surface area contributed by atoms with Crippen LogP contribution in [-0.2, 0) is 20.1 Å². The van der Waals surface area contributed by atoms with Gasteiger partial charge in [0.25, 0.3) is 5.56 Å². The van der Waals surface area contributed by atoms with Crippen molar-refractivity contribution in [3.63, 3.8) is 0 Å². The molecular weight excluding hydrogens is 426 g/mol. The van der Waals surface area contributed by atoms with Gasteiger partial charge in [-0.15, -0.1) is 0 Å². The number of aryl methyl sites for hydroxylation is 5. The summed E-state index contributed by atoms with van der Waals surface area (Å²) < 4.78 is 4.99. The Bertz CT molecular complexity index is 1540. The maximum absolute atomic E-state index is 13.8. The zero-order valence-corrected chi connectivity index (χ0v) is 20.8. The molecule has 0 unspecified atom stereocenters. The Morgan fingerprint density at radius 3 is 2.41 bits per heavy atom. The van der Waals surface area contributed by atoms with Gasteiger partial charge in [0.2, 0.25) is 11.2 Å². The van der Waals surface area contributed by atoms with Gasteiger partial charge in [-0.1, -0.05) is 36.8 Å². The number of fused-ring (bicyclic) bond motifs is 3. The highest BCUT2D eigenvalue weighted by atomic mass is 16.2. The second-order valence-corrected chi connectivity index (χ2v) is 9.98. The summed E-state index contributed by atoms with van der Waals surface area (Å²) in [4.78, 5) is 32.7. The summed E-state index contributed by atoms with van der Waals surface area (Å²) in [7, 11) is 1.73. The SMILES string of the molecule is Cc1cc(C)cc(N2C[C@H](C)C[n+]3c2[nH]c2c3c(=O)n(Cc3cc(C)ccc3C)c(=O)n2C)c1. The lowest BCUT2D eigenvalue weighted by molar-refractivity contribution is -0.669. The van der Waals surface area contributed by atoms with E-state index in [0.717, 1.165) is 34.9 Å². The van der Waals surface area contributed by atoms with Crippen molar-refractivity contribution in [3.05, 3.63) is 85.1 Å². The van der Waals surface area contributed by atoms with Crippen molar-refractivity contribution in [2.24, 2.45) is 13.0 Å². The number of hydrogen-bond acceptors (Lipinski definition) is 3. The number of aromatic amines is 1. The molecular formula is C27H32N5O2+. The number of aromatic nitrogens is 4. The molecule has 0 spiro atoms. The van der Waals surface area contributed by atoms with E-state index in [1.165, 1.54) is 15.7 Å². The number of nitrogens with one attached hydrogen (secondary N) is 1. The normalized spacial score (nSPS) is 15.7. The molecule has 3 heterocycles. The third-order valence-corrected chi connectivity index (χ3v) is 6.88. The van der Waals surface area contributed by atoms with E-state index in [0.29, 0.717) is 23.6 Å². The molecule has 7 heteroatoms. The Labute approximate surface area is 198 Å². The molecule has 0 saturated heterocycles. The topological polar surface area (TPSA) is 66.9 Å². The Morgan fingerprint density at radius 1 is 1.00 bits per heavy atom. The maximum atomic E-state index is 13.8. The number of rotatable bonds is 3. The number of imidazole rings is 1. The van der Waals surface area contributed by atoms with Crippen LogP contribution < -0.4 is 20.7 Å². The van der Waals surface area contributed by atoms with Crippen molar-refractivity contribution in [1.29, 1.82) is 0 Å². The Hall–Kier alpha value is -3.61. The Balaban J connectivity index is 1.73. The molecule has 0 aliphatic carbocycles. The summed E-state index contributed by atoms with van der Waals surface area (Å²) in [6.45, 7) is 12.2. The van der Waals surface area contributed by atoms with Gasteiger partial charge in [-0.05, 0) is 62.1 Å². The zero-order chi connectivity index (χ0) is 24.3. The van der Waals surface area contributed by atoms with Crippen LogP contribution in [0.2, 0.25) is 0 Å². The molecule has 0 fully saturated rings. The van der Waals surface area contributed by atoms with E-state index in [1.807, 2.05) is 26.0 Å². The van der Waals surface area contributed by atoms with Gasteiger partial charge in [-0.3, -0.25) is 13.9 Å². The van der Waals surface area contributed by atoms with Gasteiger partial charge in [0.15, 0.2) is 0 Å². The highest BCUT2D eigenvalue weighted by molar-refractivity contribution is 5.70. The first-order valence-electron chi connectivity index (χ1n) is 11.8. The molecule has 4 aromatic rings. The van der Waals surface area contributed by atoms with Crippen LogP contribution >= 0.6 is 0 Å². The monoisotopic (exact) mass is 458 g/mol. The summed E-state index contributed by atoms with van der Waals surface area (Å²) in [5.74, 6) is 1.18. The summed E-state index contributed by atoms with van der Waals surface area (Å²) in [6, 6.07) is 12.6. The van der Waals surface area contributed by atoms with E-state index in [2.05, 4.69) is 59.5 Å². The predicted octanol–water partition coefficient (Wildman–Crippen LogP) is 3.39. The van der Waals surface area contributed by atoms with Gasteiger partial charge < -0.3 is 0 Å². The number of nitrogens with zero attached hydrogens (tertiary/aromatic N) is 4. The molecule has 7 nitrogen and oxygen atoms in total. The fourth-order valence-electron chi connectivity index (χ4n) is 5.19. The van der Waals surface area contributed by atoms with Crippen molar-refractivity contribution < 1.29 is 4.57 Å². The van der Waals surface area contributed by atoms with Crippen LogP contribution in [0.15, 0.2) is 46.0 Å². The quantitative estimate of drug-likeness (QED) is 0.479. The lowest BCUT2D eigenvalue weighted by atomic mass is 10.1. The minimum absolute atomic E-state index is 0.254. The van der Waals surface area contributed by atoms with Crippen LogP contribution in [0.3, 0.4) is 0 Å². The van der Waals surface area contributed by atoms with Gasteiger partial charge in [0, 0.05) is 13.0 Å². The molecule has 0 bridgehead atoms. The third-order valence-electron chi connectivity index (χ3n) is 6.88. The second-order valence-electron chi connectivity index (χ2n) is 9.98. The highest BCUT2D eigenvalue weighted by Crippen LogP contribution is 2.29. The van der Waals surface area contributed by atoms with Gasteiger partial charge >= 0.3 is 11.6 Å². The van der Waals surface area contributed by atoms with Crippen molar-refractivity contribution in [3.8, 4) is 0 Å². The molecule has 5 rings (SSSR count). The van der Waals surface area contributed by atoms with Gasteiger partial charge in [0.05, 0.1) is 19.6 Å². The lowest BCUT2D eigenvalue weighted by Crippen LogP contribution is -2.52. The molecule has 176 valence electrons. The van der Waals surface area contributed by atoms with E-state index in [4.69, 9.17) is 0 Å². The summed E-state index contributed by atoms with van der Waals surface area (Å²) in [5, 5.41) is 0. The van der Waals surface area contributed by atoms with Crippen LogP contribution in [-0.4, -0.2) is 20.7 Å².